The lowest BCUT2D eigenvalue weighted by Gasteiger charge is -2.11. The molecule has 1 amide bonds. The normalized spacial score (nSPS) is 13.5. The molecule has 1 aromatic carbocycles. The van der Waals surface area contributed by atoms with Crippen molar-refractivity contribution in [3.05, 3.63) is 18.2 Å². The van der Waals surface area contributed by atoms with Crippen LogP contribution < -0.4 is 19.5 Å². The third-order valence-electron chi connectivity index (χ3n) is 3.59. The van der Waals surface area contributed by atoms with E-state index >= 15 is 0 Å². The SMILES string of the molecule is CCCNC(=O)COC(=O)CCNS(=O)(=O)c1ccc2c(c1)OCCCO2. The monoisotopic (exact) mass is 400 g/mol. The lowest BCUT2D eigenvalue weighted by atomic mass is 10.3. The van der Waals surface area contributed by atoms with Gasteiger partial charge in [0.2, 0.25) is 10.0 Å². The fourth-order valence-corrected chi connectivity index (χ4v) is 3.26. The maximum atomic E-state index is 12.3. The lowest BCUT2D eigenvalue weighted by Crippen LogP contribution is -2.30. The van der Waals surface area contributed by atoms with Gasteiger partial charge in [-0.1, -0.05) is 6.92 Å². The molecule has 1 heterocycles. The van der Waals surface area contributed by atoms with Crippen molar-refractivity contribution in [1.82, 2.24) is 10.0 Å². The summed E-state index contributed by atoms with van der Waals surface area (Å²) in [5.74, 6) is -0.190. The number of hydrogen-bond donors (Lipinski definition) is 2. The number of nitrogens with one attached hydrogen (secondary N) is 2. The van der Waals surface area contributed by atoms with Crippen LogP contribution in [-0.2, 0) is 24.3 Å². The second-order valence-electron chi connectivity index (χ2n) is 5.82. The van der Waals surface area contributed by atoms with Gasteiger partial charge in [-0.15, -0.1) is 0 Å². The van der Waals surface area contributed by atoms with Crippen molar-refractivity contribution in [2.75, 3.05) is 32.9 Å². The van der Waals surface area contributed by atoms with Crippen LogP contribution in [0.3, 0.4) is 0 Å². The van der Waals surface area contributed by atoms with Crippen LogP contribution in [0.15, 0.2) is 23.1 Å². The second-order valence-corrected chi connectivity index (χ2v) is 7.58. The molecular formula is C17H24N2O7S. The number of amides is 1. The smallest absolute Gasteiger partial charge is 0.307 e. The second kappa shape index (κ2) is 10.1. The van der Waals surface area contributed by atoms with Crippen molar-refractivity contribution in [3.63, 3.8) is 0 Å². The Kier molecular flexibility index (Phi) is 7.86. The molecule has 1 aromatic rings. The highest BCUT2D eigenvalue weighted by Gasteiger charge is 2.19. The van der Waals surface area contributed by atoms with Gasteiger partial charge >= 0.3 is 5.97 Å². The first-order chi connectivity index (χ1) is 12.9. The highest BCUT2D eigenvalue weighted by Crippen LogP contribution is 2.31. The zero-order chi connectivity index (χ0) is 19.7. The molecule has 150 valence electrons. The van der Waals surface area contributed by atoms with Crippen molar-refractivity contribution in [2.24, 2.45) is 0 Å². The van der Waals surface area contributed by atoms with E-state index in [2.05, 4.69) is 10.0 Å². The Bertz CT molecular complexity index is 765. The van der Waals surface area contributed by atoms with E-state index < -0.39 is 21.9 Å². The first kappa shape index (κ1) is 21.0. The summed E-state index contributed by atoms with van der Waals surface area (Å²) in [6, 6.07) is 4.34. The summed E-state index contributed by atoms with van der Waals surface area (Å²) in [5, 5.41) is 2.57. The van der Waals surface area contributed by atoms with E-state index in [0.717, 1.165) is 6.42 Å². The van der Waals surface area contributed by atoms with Crippen molar-refractivity contribution in [3.8, 4) is 11.5 Å². The third-order valence-corrected chi connectivity index (χ3v) is 5.05. The Morgan fingerprint density at radius 3 is 2.63 bits per heavy atom. The fourth-order valence-electron chi connectivity index (χ4n) is 2.22. The topological polar surface area (TPSA) is 120 Å². The summed E-state index contributed by atoms with van der Waals surface area (Å²) >= 11 is 0. The van der Waals surface area contributed by atoms with Gasteiger partial charge < -0.3 is 19.5 Å². The van der Waals surface area contributed by atoms with Crippen molar-refractivity contribution in [2.45, 2.75) is 31.1 Å². The molecule has 1 aliphatic heterocycles. The van der Waals surface area contributed by atoms with Crippen LogP contribution in [0.25, 0.3) is 0 Å². The van der Waals surface area contributed by atoms with Gasteiger partial charge in [-0.2, -0.15) is 0 Å². The molecule has 0 aromatic heterocycles. The van der Waals surface area contributed by atoms with Crippen molar-refractivity contribution >= 4 is 21.9 Å². The number of esters is 1. The van der Waals surface area contributed by atoms with Gasteiger partial charge in [0.1, 0.15) is 0 Å². The van der Waals surface area contributed by atoms with Crippen LogP contribution in [0.5, 0.6) is 11.5 Å². The van der Waals surface area contributed by atoms with Gasteiger partial charge in [-0.05, 0) is 18.6 Å². The Morgan fingerprint density at radius 2 is 1.89 bits per heavy atom. The Labute approximate surface area is 158 Å². The largest absolute Gasteiger partial charge is 0.490 e. The zero-order valence-electron chi connectivity index (χ0n) is 15.2. The van der Waals surface area contributed by atoms with E-state index in [4.69, 9.17) is 14.2 Å². The maximum Gasteiger partial charge on any atom is 0.307 e. The van der Waals surface area contributed by atoms with Gasteiger partial charge in [-0.3, -0.25) is 9.59 Å². The van der Waals surface area contributed by atoms with E-state index in [9.17, 15) is 18.0 Å². The van der Waals surface area contributed by atoms with Crippen LogP contribution in [0.1, 0.15) is 26.2 Å². The summed E-state index contributed by atoms with van der Waals surface area (Å²) in [7, 11) is -3.82. The molecule has 0 saturated carbocycles. The molecule has 9 nitrogen and oxygen atoms in total. The number of benzene rings is 1. The molecule has 0 fully saturated rings. The molecular weight excluding hydrogens is 376 g/mol. The van der Waals surface area contributed by atoms with E-state index in [1.165, 1.54) is 12.1 Å². The summed E-state index contributed by atoms with van der Waals surface area (Å²) in [6.45, 7) is 2.84. The number of hydrogen-bond acceptors (Lipinski definition) is 7. The van der Waals surface area contributed by atoms with Crippen LogP contribution in [0, 0.1) is 0 Å². The van der Waals surface area contributed by atoms with E-state index in [0.29, 0.717) is 37.7 Å². The molecule has 0 atom stereocenters. The van der Waals surface area contributed by atoms with Crippen LogP contribution in [-0.4, -0.2) is 53.2 Å². The highest BCUT2D eigenvalue weighted by atomic mass is 32.2. The third kappa shape index (κ3) is 6.72. The number of fused-ring (bicyclic) bond motifs is 1. The average molecular weight is 400 g/mol. The van der Waals surface area contributed by atoms with Crippen LogP contribution >= 0.6 is 0 Å². The summed E-state index contributed by atoms with van der Waals surface area (Å²) in [5.41, 5.74) is 0. The summed E-state index contributed by atoms with van der Waals surface area (Å²) in [4.78, 5) is 23.0. The molecule has 10 heteroatoms. The fraction of sp³-hybridized carbons (Fsp3) is 0.529. The molecule has 0 aliphatic carbocycles. The van der Waals surface area contributed by atoms with Gasteiger partial charge in [0, 0.05) is 25.6 Å². The molecule has 27 heavy (non-hydrogen) atoms. The Hall–Kier alpha value is -2.33. The molecule has 0 bridgehead atoms. The molecule has 0 unspecified atom stereocenters. The predicted octanol–water partition coefficient (Wildman–Crippen LogP) is 0.586. The number of ether oxygens (including phenoxy) is 3. The maximum absolute atomic E-state index is 12.3. The minimum Gasteiger partial charge on any atom is -0.490 e. The highest BCUT2D eigenvalue weighted by molar-refractivity contribution is 7.89. The predicted molar refractivity (Wildman–Crippen MR) is 96.1 cm³/mol. The van der Waals surface area contributed by atoms with E-state index in [1.54, 1.807) is 6.07 Å². The van der Waals surface area contributed by atoms with Gasteiger partial charge in [0.15, 0.2) is 18.1 Å². The molecule has 2 N–H and O–H groups in total. The minimum atomic E-state index is -3.82. The van der Waals surface area contributed by atoms with Crippen molar-refractivity contribution in [1.29, 1.82) is 0 Å². The average Bonchev–Trinajstić information content (AvgIpc) is 2.89. The van der Waals surface area contributed by atoms with Gasteiger partial charge in [0.25, 0.3) is 5.91 Å². The summed E-state index contributed by atoms with van der Waals surface area (Å²) < 4.78 is 42.7. The van der Waals surface area contributed by atoms with Gasteiger partial charge in [-0.25, -0.2) is 13.1 Å². The quantitative estimate of drug-likeness (QED) is 0.582. The standard InChI is InChI=1S/C17H24N2O7S/c1-2-7-18-16(20)12-26-17(21)6-8-19-27(22,23)13-4-5-14-15(11-13)25-10-3-9-24-14/h4-5,11,19H,2-3,6-10,12H2,1H3,(H,18,20). The zero-order valence-corrected chi connectivity index (χ0v) is 16.0. The number of carbonyl (C=O) groups excluding carboxylic acids is 2. The minimum absolute atomic E-state index is 0.0130. The first-order valence-electron chi connectivity index (χ1n) is 8.74. The number of carbonyl (C=O) groups is 2. The van der Waals surface area contributed by atoms with E-state index in [1.807, 2.05) is 6.92 Å². The molecule has 0 radical (unpaired) electrons. The van der Waals surface area contributed by atoms with Crippen LogP contribution in [0.2, 0.25) is 0 Å². The number of rotatable bonds is 9. The van der Waals surface area contributed by atoms with Crippen molar-refractivity contribution < 1.29 is 32.2 Å². The van der Waals surface area contributed by atoms with Crippen LogP contribution in [0.4, 0.5) is 0 Å². The Balaban J connectivity index is 1.82. The lowest BCUT2D eigenvalue weighted by molar-refractivity contribution is -0.148. The Morgan fingerprint density at radius 1 is 1.15 bits per heavy atom. The molecule has 0 saturated heterocycles. The van der Waals surface area contributed by atoms with E-state index in [-0.39, 0.29) is 24.5 Å². The molecule has 2 rings (SSSR count). The van der Waals surface area contributed by atoms with Gasteiger partial charge in [0.05, 0.1) is 24.5 Å². The molecule has 1 aliphatic rings. The summed E-state index contributed by atoms with van der Waals surface area (Å²) in [6.07, 6.45) is 1.31. The number of sulfonamides is 1. The molecule has 0 spiro atoms. The first-order valence-corrected chi connectivity index (χ1v) is 10.2.